The monoisotopic (exact) mass is 369 g/mol. The van der Waals surface area contributed by atoms with Crippen molar-refractivity contribution in [2.24, 2.45) is 5.16 Å². The third-order valence-electron chi connectivity index (χ3n) is 2.67. The number of carbonyl (C=O) groups is 1. The Balaban J connectivity index is 1.71. The largest absolute Gasteiger partial charge is 0.433 e. The third-order valence-corrected chi connectivity index (χ3v) is 2.92. The van der Waals surface area contributed by atoms with Crippen molar-refractivity contribution in [3.8, 4) is 0 Å². The first-order chi connectivity index (χ1) is 11.9. The zero-order chi connectivity index (χ0) is 18.2. The van der Waals surface area contributed by atoms with Crippen molar-refractivity contribution in [2.45, 2.75) is 6.54 Å². The lowest BCUT2D eigenvalue weighted by molar-refractivity contribution is -0.402. The summed E-state index contributed by atoms with van der Waals surface area (Å²) < 4.78 is 4.79. The lowest BCUT2D eigenvalue weighted by Gasteiger charge is -2.13. The molecule has 132 valence electrons. The summed E-state index contributed by atoms with van der Waals surface area (Å²) in [4.78, 5) is 30.4. The van der Waals surface area contributed by atoms with E-state index in [0.717, 1.165) is 12.3 Å². The zero-order valence-electron chi connectivity index (χ0n) is 12.6. The van der Waals surface area contributed by atoms with Gasteiger partial charge in [0, 0.05) is 5.02 Å². The minimum Gasteiger partial charge on any atom is -0.400 e. The molecular formula is C14H12ClN3O7. The predicted molar refractivity (Wildman–Crippen MR) is 83.8 cm³/mol. The maximum atomic E-state index is 11.4. The van der Waals surface area contributed by atoms with E-state index in [-0.39, 0.29) is 12.3 Å². The number of hydrogen-bond acceptors (Lipinski definition) is 9. The Hall–Kier alpha value is -2.95. The van der Waals surface area contributed by atoms with E-state index in [0.29, 0.717) is 15.8 Å². The second kappa shape index (κ2) is 8.78. The van der Waals surface area contributed by atoms with E-state index in [9.17, 15) is 20.1 Å². The number of rotatable bonds is 8. The predicted octanol–water partition coefficient (Wildman–Crippen LogP) is 2.54. The summed E-state index contributed by atoms with van der Waals surface area (Å²) in [6.07, 6.45) is 1.05. The van der Waals surface area contributed by atoms with Crippen molar-refractivity contribution >= 4 is 29.7 Å². The molecule has 0 aliphatic heterocycles. The summed E-state index contributed by atoms with van der Waals surface area (Å²) in [6.45, 7) is -0.654. The van der Waals surface area contributed by atoms with Crippen molar-refractivity contribution in [1.29, 1.82) is 0 Å². The number of nitrogens with zero attached hydrogens (tertiary/aromatic N) is 3. The van der Waals surface area contributed by atoms with Crippen LogP contribution in [0.3, 0.4) is 0 Å². The zero-order valence-corrected chi connectivity index (χ0v) is 13.3. The van der Waals surface area contributed by atoms with Gasteiger partial charge in [0.1, 0.15) is 11.1 Å². The highest BCUT2D eigenvalue weighted by Gasteiger charge is 2.12. The summed E-state index contributed by atoms with van der Waals surface area (Å²) in [5.74, 6) is -1.27. The molecule has 0 unspecified atom stereocenters. The van der Waals surface area contributed by atoms with Gasteiger partial charge in [-0.1, -0.05) is 28.9 Å². The van der Waals surface area contributed by atoms with Crippen LogP contribution in [0.15, 0.2) is 46.0 Å². The van der Waals surface area contributed by atoms with Crippen molar-refractivity contribution in [3.05, 3.63) is 62.9 Å². The Kier molecular flexibility index (Phi) is 6.46. The first-order valence-corrected chi connectivity index (χ1v) is 7.13. The molecule has 0 atom stereocenters. The van der Waals surface area contributed by atoms with Gasteiger partial charge in [-0.2, -0.15) is 0 Å². The van der Waals surface area contributed by atoms with E-state index >= 15 is 0 Å². The van der Waals surface area contributed by atoms with Gasteiger partial charge in [0.25, 0.3) is 0 Å². The molecule has 10 nitrogen and oxygen atoms in total. The highest BCUT2D eigenvalue weighted by molar-refractivity contribution is 6.30. The number of nitro groups is 1. The molecule has 0 aliphatic rings. The Morgan fingerprint density at radius 3 is 2.72 bits per heavy atom. The number of carbonyl (C=O) groups excluding carboxylic acids is 1. The third kappa shape index (κ3) is 6.22. The molecule has 1 aromatic carbocycles. The minimum atomic E-state index is -0.904. The summed E-state index contributed by atoms with van der Waals surface area (Å²) in [5, 5.41) is 24.2. The first kappa shape index (κ1) is 18.4. The number of furan rings is 1. The van der Waals surface area contributed by atoms with Gasteiger partial charge in [-0.3, -0.25) is 15.3 Å². The molecule has 25 heavy (non-hydrogen) atoms. The van der Waals surface area contributed by atoms with Gasteiger partial charge in [0.2, 0.25) is 6.61 Å². The molecule has 2 rings (SSSR count). The smallest absolute Gasteiger partial charge is 0.400 e. The van der Waals surface area contributed by atoms with Crippen molar-refractivity contribution in [3.63, 3.8) is 0 Å². The second-order valence-corrected chi connectivity index (χ2v) is 4.98. The Labute approximate surface area is 145 Å². The number of hydroxylamine groups is 2. The van der Waals surface area contributed by atoms with Crippen LogP contribution in [0.4, 0.5) is 5.88 Å². The molecule has 0 saturated heterocycles. The topological polar surface area (TPSA) is 128 Å². The van der Waals surface area contributed by atoms with Crippen LogP contribution in [-0.4, -0.2) is 34.1 Å². The van der Waals surface area contributed by atoms with E-state index in [2.05, 4.69) is 14.8 Å². The van der Waals surface area contributed by atoms with Crippen molar-refractivity contribution in [1.82, 2.24) is 5.23 Å². The van der Waals surface area contributed by atoms with Crippen LogP contribution < -0.4 is 0 Å². The van der Waals surface area contributed by atoms with Gasteiger partial charge in [0.15, 0.2) is 5.76 Å². The quantitative estimate of drug-likeness (QED) is 0.427. The molecule has 0 radical (unpaired) electrons. The van der Waals surface area contributed by atoms with E-state index in [1.807, 2.05) is 0 Å². The average Bonchev–Trinajstić information content (AvgIpc) is 3.03. The maximum Gasteiger partial charge on any atom is 0.433 e. The van der Waals surface area contributed by atoms with Crippen molar-refractivity contribution < 1.29 is 29.0 Å². The van der Waals surface area contributed by atoms with Gasteiger partial charge in [-0.25, -0.2) is 4.79 Å². The fourth-order valence-corrected chi connectivity index (χ4v) is 1.74. The Morgan fingerprint density at radius 2 is 2.08 bits per heavy atom. The molecule has 11 heteroatoms. The van der Waals surface area contributed by atoms with Crippen LogP contribution in [-0.2, 0) is 21.0 Å². The standard InChI is InChI=1S/C14H12ClN3O7/c15-11-3-1-10(2-4-11)8-17(20)25-14(19)9-23-16-7-12-5-6-13(24-12)18(21)22/h1-7,20H,8-9H2. The van der Waals surface area contributed by atoms with Crippen LogP contribution in [0, 0.1) is 10.1 Å². The first-order valence-electron chi connectivity index (χ1n) is 6.75. The lowest BCUT2D eigenvalue weighted by Crippen LogP contribution is -2.25. The fourth-order valence-electron chi connectivity index (χ4n) is 1.61. The summed E-state index contributed by atoms with van der Waals surface area (Å²) in [7, 11) is 0. The van der Waals surface area contributed by atoms with Crippen LogP contribution in [0.2, 0.25) is 5.02 Å². The van der Waals surface area contributed by atoms with Gasteiger partial charge >= 0.3 is 11.9 Å². The molecule has 1 aromatic heterocycles. The molecule has 0 saturated carbocycles. The molecule has 0 bridgehead atoms. The number of hydrogen-bond donors (Lipinski definition) is 1. The number of benzene rings is 1. The van der Waals surface area contributed by atoms with E-state index < -0.39 is 23.4 Å². The summed E-state index contributed by atoms with van der Waals surface area (Å²) in [5.41, 5.74) is 0.665. The van der Waals surface area contributed by atoms with Gasteiger partial charge < -0.3 is 14.1 Å². The number of oxime groups is 1. The van der Waals surface area contributed by atoms with E-state index in [1.165, 1.54) is 6.07 Å². The van der Waals surface area contributed by atoms with Gasteiger partial charge in [-0.05, 0) is 29.0 Å². The van der Waals surface area contributed by atoms with E-state index in [1.54, 1.807) is 24.3 Å². The molecular weight excluding hydrogens is 358 g/mol. The normalized spacial score (nSPS) is 11.0. The Morgan fingerprint density at radius 1 is 1.36 bits per heavy atom. The molecule has 0 spiro atoms. The highest BCUT2D eigenvalue weighted by Crippen LogP contribution is 2.14. The van der Waals surface area contributed by atoms with Gasteiger partial charge in [0.05, 0.1) is 12.6 Å². The summed E-state index contributed by atoms with van der Waals surface area (Å²) in [6, 6.07) is 9.03. The molecule has 2 aromatic rings. The van der Waals surface area contributed by atoms with E-state index in [4.69, 9.17) is 16.0 Å². The van der Waals surface area contributed by atoms with Crippen LogP contribution in [0.1, 0.15) is 11.3 Å². The lowest BCUT2D eigenvalue weighted by atomic mass is 10.2. The number of halogens is 1. The van der Waals surface area contributed by atoms with Crippen molar-refractivity contribution in [2.75, 3.05) is 6.61 Å². The van der Waals surface area contributed by atoms with Gasteiger partial charge in [-0.15, -0.1) is 0 Å². The summed E-state index contributed by atoms with van der Waals surface area (Å²) >= 11 is 5.73. The molecule has 0 fully saturated rings. The molecule has 1 heterocycles. The fraction of sp³-hybridized carbons (Fsp3) is 0.143. The Bertz CT molecular complexity index is 760. The average molecular weight is 370 g/mol. The second-order valence-electron chi connectivity index (χ2n) is 4.54. The maximum absolute atomic E-state index is 11.4. The molecule has 0 aliphatic carbocycles. The highest BCUT2D eigenvalue weighted by atomic mass is 35.5. The minimum absolute atomic E-state index is 0.0672. The van der Waals surface area contributed by atoms with Crippen LogP contribution in [0.25, 0.3) is 0 Å². The van der Waals surface area contributed by atoms with Crippen LogP contribution in [0.5, 0.6) is 0 Å². The molecule has 1 N–H and O–H groups in total. The SMILES string of the molecule is O=C(CON=Cc1ccc([N+](=O)[O-])o1)ON(O)Cc1ccc(Cl)cc1. The van der Waals surface area contributed by atoms with Crippen LogP contribution >= 0.6 is 11.6 Å². The molecule has 0 amide bonds.